The SMILES string of the molecule is CC(C)c1nnc(N2C(=O)c3oc4ccccc4c(=O)c3[C@H]2c2cccc(F)c2)s1. The van der Waals surface area contributed by atoms with Crippen LogP contribution in [0.5, 0.6) is 0 Å². The molecule has 150 valence electrons. The maximum absolute atomic E-state index is 14.1. The molecule has 0 fully saturated rings. The highest BCUT2D eigenvalue weighted by molar-refractivity contribution is 7.15. The van der Waals surface area contributed by atoms with Gasteiger partial charge in [-0.2, -0.15) is 0 Å². The van der Waals surface area contributed by atoms with E-state index < -0.39 is 17.8 Å². The molecule has 1 amide bonds. The Hall–Kier alpha value is -3.39. The number of nitrogens with zero attached hydrogens (tertiary/aromatic N) is 3. The normalized spacial score (nSPS) is 15.9. The third kappa shape index (κ3) is 2.75. The van der Waals surface area contributed by atoms with Crippen LogP contribution in [0.2, 0.25) is 0 Å². The molecule has 1 aliphatic rings. The summed E-state index contributed by atoms with van der Waals surface area (Å²) in [4.78, 5) is 28.1. The van der Waals surface area contributed by atoms with Crippen LogP contribution in [0.1, 0.15) is 52.5 Å². The van der Waals surface area contributed by atoms with Crippen LogP contribution < -0.4 is 10.3 Å². The number of carbonyl (C=O) groups excluding carboxylic acids is 1. The topological polar surface area (TPSA) is 76.3 Å². The molecule has 30 heavy (non-hydrogen) atoms. The highest BCUT2D eigenvalue weighted by atomic mass is 32.1. The third-order valence-corrected chi connectivity index (χ3v) is 6.30. The Balaban J connectivity index is 1.79. The average molecular weight is 421 g/mol. The van der Waals surface area contributed by atoms with Gasteiger partial charge in [-0.25, -0.2) is 4.39 Å². The zero-order chi connectivity index (χ0) is 21.0. The maximum atomic E-state index is 14.1. The fraction of sp³-hybridized carbons (Fsp3) is 0.182. The lowest BCUT2D eigenvalue weighted by molar-refractivity contribution is 0.0970. The van der Waals surface area contributed by atoms with Crippen molar-refractivity contribution in [1.82, 2.24) is 10.2 Å². The standard InChI is InChI=1S/C22H16FN3O3S/c1-11(2)20-24-25-22(30-20)26-17(12-6-5-7-13(23)10-12)16-18(27)14-8-3-4-9-15(14)29-19(16)21(26)28/h3-11,17H,1-2H3/t17-/m1/s1. The number of fused-ring (bicyclic) bond motifs is 2. The largest absolute Gasteiger partial charge is 0.450 e. The first-order valence-corrected chi connectivity index (χ1v) is 10.3. The first-order chi connectivity index (χ1) is 14.5. The molecule has 0 saturated heterocycles. The van der Waals surface area contributed by atoms with Gasteiger partial charge in [0.15, 0.2) is 5.43 Å². The fourth-order valence-electron chi connectivity index (χ4n) is 3.67. The van der Waals surface area contributed by atoms with Gasteiger partial charge in [0, 0.05) is 5.92 Å². The molecule has 2 aromatic heterocycles. The Morgan fingerprint density at radius 2 is 1.90 bits per heavy atom. The summed E-state index contributed by atoms with van der Waals surface area (Å²) in [6.07, 6.45) is 0. The van der Waals surface area contributed by atoms with E-state index in [1.54, 1.807) is 36.4 Å². The minimum Gasteiger partial charge on any atom is -0.450 e. The van der Waals surface area contributed by atoms with Crippen LogP contribution in [-0.4, -0.2) is 16.1 Å². The lowest BCUT2D eigenvalue weighted by Gasteiger charge is -2.22. The molecule has 0 bridgehead atoms. The summed E-state index contributed by atoms with van der Waals surface area (Å²) in [7, 11) is 0. The van der Waals surface area contributed by atoms with E-state index in [4.69, 9.17) is 4.42 Å². The quantitative estimate of drug-likeness (QED) is 0.481. The van der Waals surface area contributed by atoms with E-state index in [1.807, 2.05) is 13.8 Å². The van der Waals surface area contributed by atoms with Crippen LogP contribution in [0, 0.1) is 5.82 Å². The highest BCUT2D eigenvalue weighted by Gasteiger charge is 2.45. The summed E-state index contributed by atoms with van der Waals surface area (Å²) in [5.74, 6) is -0.868. The van der Waals surface area contributed by atoms with Crippen molar-refractivity contribution in [2.45, 2.75) is 25.8 Å². The second-order valence-electron chi connectivity index (χ2n) is 7.38. The first kappa shape index (κ1) is 18.6. The van der Waals surface area contributed by atoms with Crippen molar-refractivity contribution in [3.05, 3.63) is 86.5 Å². The number of aromatic nitrogens is 2. The molecule has 2 aromatic carbocycles. The van der Waals surface area contributed by atoms with Crippen molar-refractivity contribution in [2.24, 2.45) is 0 Å². The van der Waals surface area contributed by atoms with Crippen molar-refractivity contribution in [3.8, 4) is 0 Å². The summed E-state index contributed by atoms with van der Waals surface area (Å²) in [6, 6.07) is 11.8. The Morgan fingerprint density at radius 1 is 1.10 bits per heavy atom. The Bertz CT molecular complexity index is 1360. The second-order valence-corrected chi connectivity index (χ2v) is 8.37. The van der Waals surface area contributed by atoms with E-state index >= 15 is 0 Å². The van der Waals surface area contributed by atoms with Gasteiger partial charge in [-0.05, 0) is 29.8 Å². The summed E-state index contributed by atoms with van der Waals surface area (Å²) in [5.41, 5.74) is 0.664. The minimum absolute atomic E-state index is 0.0470. The highest BCUT2D eigenvalue weighted by Crippen LogP contribution is 2.42. The van der Waals surface area contributed by atoms with Gasteiger partial charge in [0.05, 0.1) is 17.0 Å². The number of halogens is 1. The lowest BCUT2D eigenvalue weighted by Crippen LogP contribution is -2.29. The molecule has 4 aromatic rings. The molecular weight excluding hydrogens is 405 g/mol. The molecule has 0 aliphatic carbocycles. The summed E-state index contributed by atoms with van der Waals surface area (Å²) in [5, 5.41) is 9.83. The van der Waals surface area contributed by atoms with Crippen molar-refractivity contribution >= 4 is 33.3 Å². The number of benzene rings is 2. The third-order valence-electron chi connectivity index (χ3n) is 5.07. The number of hydrogen-bond acceptors (Lipinski definition) is 6. The molecule has 0 spiro atoms. The molecule has 1 aliphatic heterocycles. The van der Waals surface area contributed by atoms with Crippen LogP contribution in [0.3, 0.4) is 0 Å². The molecule has 0 radical (unpaired) electrons. The van der Waals surface area contributed by atoms with Gasteiger partial charge in [0.1, 0.15) is 16.4 Å². The molecular formula is C22H16FN3O3S. The molecule has 6 nitrogen and oxygen atoms in total. The van der Waals surface area contributed by atoms with Gasteiger partial charge in [0.2, 0.25) is 10.9 Å². The Kier molecular flexibility index (Phi) is 4.25. The van der Waals surface area contributed by atoms with Crippen LogP contribution in [0.25, 0.3) is 11.0 Å². The Morgan fingerprint density at radius 3 is 2.63 bits per heavy atom. The fourth-order valence-corrected chi connectivity index (χ4v) is 4.54. The number of para-hydroxylation sites is 1. The van der Waals surface area contributed by atoms with Crippen molar-refractivity contribution in [2.75, 3.05) is 4.90 Å². The second kappa shape index (κ2) is 6.84. The predicted molar refractivity (Wildman–Crippen MR) is 112 cm³/mol. The van der Waals surface area contributed by atoms with E-state index in [0.29, 0.717) is 21.7 Å². The molecule has 0 saturated carbocycles. The van der Waals surface area contributed by atoms with E-state index in [-0.39, 0.29) is 22.7 Å². The number of amides is 1. The van der Waals surface area contributed by atoms with Crippen LogP contribution >= 0.6 is 11.3 Å². The zero-order valence-electron chi connectivity index (χ0n) is 16.1. The van der Waals surface area contributed by atoms with Gasteiger partial charge >= 0.3 is 0 Å². The van der Waals surface area contributed by atoms with Crippen LogP contribution in [0.15, 0.2) is 57.7 Å². The van der Waals surface area contributed by atoms with Gasteiger partial charge in [-0.3, -0.25) is 14.5 Å². The van der Waals surface area contributed by atoms with Gasteiger partial charge in [0.25, 0.3) is 5.91 Å². The number of rotatable bonds is 3. The number of carbonyl (C=O) groups is 1. The molecule has 5 rings (SSSR count). The molecule has 3 heterocycles. The molecule has 0 N–H and O–H groups in total. The van der Waals surface area contributed by atoms with Crippen molar-refractivity contribution in [1.29, 1.82) is 0 Å². The zero-order valence-corrected chi connectivity index (χ0v) is 16.9. The maximum Gasteiger partial charge on any atom is 0.297 e. The van der Waals surface area contributed by atoms with E-state index in [9.17, 15) is 14.0 Å². The van der Waals surface area contributed by atoms with E-state index in [2.05, 4.69) is 10.2 Å². The van der Waals surface area contributed by atoms with Gasteiger partial charge in [-0.15, -0.1) is 10.2 Å². The Labute approximate surface area is 174 Å². The smallest absolute Gasteiger partial charge is 0.297 e. The predicted octanol–water partition coefficient (Wildman–Crippen LogP) is 4.66. The van der Waals surface area contributed by atoms with E-state index in [1.165, 1.54) is 28.4 Å². The lowest BCUT2D eigenvalue weighted by atomic mass is 9.98. The van der Waals surface area contributed by atoms with Crippen LogP contribution in [-0.2, 0) is 0 Å². The summed E-state index contributed by atoms with van der Waals surface area (Å²) >= 11 is 1.27. The van der Waals surface area contributed by atoms with Gasteiger partial charge < -0.3 is 4.42 Å². The average Bonchev–Trinajstić information content (AvgIpc) is 3.32. The molecule has 8 heteroatoms. The summed E-state index contributed by atoms with van der Waals surface area (Å²) < 4.78 is 19.9. The van der Waals surface area contributed by atoms with Crippen LogP contribution in [0.4, 0.5) is 9.52 Å². The summed E-state index contributed by atoms with van der Waals surface area (Å²) in [6.45, 7) is 3.96. The number of hydrogen-bond donors (Lipinski definition) is 0. The molecule has 0 unspecified atom stereocenters. The monoisotopic (exact) mass is 421 g/mol. The van der Waals surface area contributed by atoms with Gasteiger partial charge in [-0.1, -0.05) is 49.4 Å². The van der Waals surface area contributed by atoms with Crippen molar-refractivity contribution in [3.63, 3.8) is 0 Å². The molecule has 1 atom stereocenters. The van der Waals surface area contributed by atoms with Crippen molar-refractivity contribution < 1.29 is 13.6 Å². The first-order valence-electron chi connectivity index (χ1n) is 9.44. The minimum atomic E-state index is -0.850. The van der Waals surface area contributed by atoms with E-state index in [0.717, 1.165) is 5.01 Å². The number of anilines is 1.